The normalized spacial score (nSPS) is 30.2. The van der Waals surface area contributed by atoms with Gasteiger partial charge < -0.3 is 14.6 Å². The third kappa shape index (κ3) is 4.27. The predicted octanol–water partition coefficient (Wildman–Crippen LogP) is 3.95. The number of hydrogen-bond donors (Lipinski definition) is 1. The number of benzene rings is 1. The molecule has 3 nitrogen and oxygen atoms in total. The van der Waals surface area contributed by atoms with Gasteiger partial charge in [-0.3, -0.25) is 0 Å². The molecule has 0 radical (unpaired) electrons. The summed E-state index contributed by atoms with van der Waals surface area (Å²) in [6, 6.07) is 2.86. The van der Waals surface area contributed by atoms with E-state index in [0.29, 0.717) is 24.7 Å². The van der Waals surface area contributed by atoms with Crippen LogP contribution in [0.4, 0.5) is 8.78 Å². The van der Waals surface area contributed by atoms with E-state index in [4.69, 9.17) is 14.6 Å². The van der Waals surface area contributed by atoms with Crippen molar-refractivity contribution in [3.05, 3.63) is 47.5 Å². The van der Waals surface area contributed by atoms with Gasteiger partial charge >= 0.3 is 0 Å². The molecule has 5 heteroatoms. The van der Waals surface area contributed by atoms with E-state index in [1.54, 1.807) is 0 Å². The highest BCUT2D eigenvalue weighted by Gasteiger charge is 2.32. The maximum absolute atomic E-state index is 14.1. The first-order valence-corrected chi connectivity index (χ1v) is 9.06. The van der Waals surface area contributed by atoms with Gasteiger partial charge in [-0.15, -0.1) is 6.58 Å². The molecular formula is C20H26F2O3. The van der Waals surface area contributed by atoms with Crippen molar-refractivity contribution >= 4 is 0 Å². The molecule has 2 aliphatic rings. The number of aliphatic hydroxyl groups is 1. The Balaban J connectivity index is 1.58. The molecule has 0 aromatic heterocycles. The minimum Gasteiger partial charge on any atom is -0.396 e. The van der Waals surface area contributed by atoms with Gasteiger partial charge in [-0.05, 0) is 49.3 Å². The predicted molar refractivity (Wildman–Crippen MR) is 91.2 cm³/mol. The molecule has 1 aromatic carbocycles. The summed E-state index contributed by atoms with van der Waals surface area (Å²) in [4.78, 5) is 0. The van der Waals surface area contributed by atoms with Crippen LogP contribution < -0.4 is 0 Å². The van der Waals surface area contributed by atoms with Crippen LogP contribution in [0.2, 0.25) is 0 Å². The van der Waals surface area contributed by atoms with Crippen LogP contribution in [-0.4, -0.2) is 31.2 Å². The number of ether oxygens (including phenoxy) is 2. The largest absolute Gasteiger partial charge is 0.396 e. The molecule has 3 rings (SSSR count). The summed E-state index contributed by atoms with van der Waals surface area (Å²) >= 11 is 0. The van der Waals surface area contributed by atoms with E-state index in [0.717, 1.165) is 25.7 Å². The molecule has 1 saturated carbocycles. The maximum atomic E-state index is 14.1. The fourth-order valence-electron chi connectivity index (χ4n) is 3.88. The Morgan fingerprint density at radius 3 is 2.20 bits per heavy atom. The Kier molecular flexibility index (Phi) is 6.20. The number of hydrogen-bond acceptors (Lipinski definition) is 3. The highest BCUT2D eigenvalue weighted by Crippen LogP contribution is 2.39. The van der Waals surface area contributed by atoms with Crippen molar-refractivity contribution in [1.29, 1.82) is 0 Å². The molecule has 138 valence electrons. The first kappa shape index (κ1) is 18.5. The Bertz CT molecular complexity index is 566. The molecule has 0 unspecified atom stereocenters. The molecular weight excluding hydrogens is 326 g/mol. The zero-order valence-electron chi connectivity index (χ0n) is 14.4. The van der Waals surface area contributed by atoms with Gasteiger partial charge in [0.2, 0.25) is 0 Å². The van der Waals surface area contributed by atoms with Gasteiger partial charge in [-0.25, -0.2) is 8.78 Å². The van der Waals surface area contributed by atoms with Crippen molar-refractivity contribution in [1.82, 2.24) is 0 Å². The quantitative estimate of drug-likeness (QED) is 0.816. The van der Waals surface area contributed by atoms with Gasteiger partial charge in [0.05, 0.1) is 13.2 Å². The summed E-state index contributed by atoms with van der Waals surface area (Å²) in [6.07, 6.45) is 5.29. The topological polar surface area (TPSA) is 38.7 Å². The summed E-state index contributed by atoms with van der Waals surface area (Å²) in [5.41, 5.74) is 0.688. The summed E-state index contributed by atoms with van der Waals surface area (Å²) in [5, 5.41) is 8.91. The molecule has 0 bridgehead atoms. The van der Waals surface area contributed by atoms with Crippen LogP contribution in [0.1, 0.15) is 42.7 Å². The molecule has 1 saturated heterocycles. The maximum Gasteiger partial charge on any atom is 0.160 e. The van der Waals surface area contributed by atoms with Crippen molar-refractivity contribution in [2.24, 2.45) is 11.8 Å². The molecule has 2 fully saturated rings. The van der Waals surface area contributed by atoms with Gasteiger partial charge in [-0.2, -0.15) is 0 Å². The lowest BCUT2D eigenvalue weighted by Crippen LogP contribution is -2.37. The zero-order chi connectivity index (χ0) is 17.8. The van der Waals surface area contributed by atoms with Crippen LogP contribution in [0.3, 0.4) is 0 Å². The lowest BCUT2D eigenvalue weighted by Gasteiger charge is -2.37. The van der Waals surface area contributed by atoms with Gasteiger partial charge in [0.25, 0.3) is 0 Å². The third-order valence-corrected chi connectivity index (χ3v) is 5.44. The smallest absolute Gasteiger partial charge is 0.160 e. The van der Waals surface area contributed by atoms with Crippen LogP contribution in [0.25, 0.3) is 0 Å². The van der Waals surface area contributed by atoms with Crippen molar-refractivity contribution in [2.75, 3.05) is 19.8 Å². The van der Waals surface area contributed by atoms with Crippen LogP contribution in [-0.2, 0) is 15.9 Å². The molecule has 1 N–H and O–H groups in total. The van der Waals surface area contributed by atoms with Crippen LogP contribution in [0, 0.1) is 23.5 Å². The summed E-state index contributed by atoms with van der Waals surface area (Å²) in [6.45, 7) is 4.80. The fourth-order valence-corrected chi connectivity index (χ4v) is 3.88. The van der Waals surface area contributed by atoms with Crippen LogP contribution in [0.15, 0.2) is 24.8 Å². The monoisotopic (exact) mass is 352 g/mol. The minimum absolute atomic E-state index is 0.00669. The summed E-state index contributed by atoms with van der Waals surface area (Å²) in [5.74, 6) is -0.351. The highest BCUT2D eigenvalue weighted by molar-refractivity contribution is 5.29. The molecule has 0 amide bonds. The molecule has 1 aliphatic heterocycles. The van der Waals surface area contributed by atoms with Gasteiger partial charge in [0.1, 0.15) is 11.6 Å². The number of halogens is 2. The molecule has 1 aromatic rings. The molecule has 0 atom stereocenters. The molecule has 1 aliphatic carbocycles. The van der Waals surface area contributed by atoms with Gasteiger partial charge in [0.15, 0.2) is 6.29 Å². The fraction of sp³-hybridized carbons (Fsp3) is 0.600. The van der Waals surface area contributed by atoms with Crippen molar-refractivity contribution in [3.63, 3.8) is 0 Å². The lowest BCUT2D eigenvalue weighted by molar-refractivity contribution is -0.222. The zero-order valence-corrected chi connectivity index (χ0v) is 14.4. The van der Waals surface area contributed by atoms with E-state index in [2.05, 4.69) is 6.58 Å². The Labute approximate surface area is 147 Å². The van der Waals surface area contributed by atoms with E-state index in [9.17, 15) is 8.78 Å². The lowest BCUT2D eigenvalue weighted by atomic mass is 9.78. The molecule has 0 spiro atoms. The van der Waals surface area contributed by atoms with Crippen LogP contribution in [0.5, 0.6) is 0 Å². The third-order valence-electron chi connectivity index (χ3n) is 5.44. The first-order chi connectivity index (χ1) is 12.1. The SMILES string of the molecule is C=CC1COC(C2CCC(c3cc(F)c(CCO)c(F)c3)CC2)OC1. The Hall–Kier alpha value is -1.30. The standard InChI is InChI=1S/C20H26F2O3/c1-2-13-11-24-20(25-12-13)15-5-3-14(4-6-15)16-9-18(21)17(7-8-23)19(22)10-16/h2,9-10,13-15,20,23H,1,3-8,11-12H2. The number of aliphatic hydroxyl groups excluding tert-OH is 1. The van der Waals surface area contributed by atoms with Crippen molar-refractivity contribution in [2.45, 2.75) is 44.3 Å². The first-order valence-electron chi connectivity index (χ1n) is 9.06. The Morgan fingerprint density at radius 2 is 1.68 bits per heavy atom. The average molecular weight is 352 g/mol. The van der Waals surface area contributed by atoms with E-state index in [1.807, 2.05) is 6.08 Å². The Morgan fingerprint density at radius 1 is 1.08 bits per heavy atom. The second-order valence-electron chi connectivity index (χ2n) is 7.08. The second kappa shape index (κ2) is 8.39. The molecule has 1 heterocycles. The van der Waals surface area contributed by atoms with Gasteiger partial charge in [-0.1, -0.05) is 6.08 Å². The minimum atomic E-state index is -0.555. The molecule has 25 heavy (non-hydrogen) atoms. The average Bonchev–Trinajstić information content (AvgIpc) is 2.65. The van der Waals surface area contributed by atoms with E-state index >= 15 is 0 Å². The van der Waals surface area contributed by atoms with Crippen LogP contribution >= 0.6 is 0 Å². The number of rotatable bonds is 5. The van der Waals surface area contributed by atoms with E-state index in [-0.39, 0.29) is 36.7 Å². The van der Waals surface area contributed by atoms with Crippen molar-refractivity contribution in [3.8, 4) is 0 Å². The van der Waals surface area contributed by atoms with E-state index < -0.39 is 11.6 Å². The van der Waals surface area contributed by atoms with Gasteiger partial charge in [0, 0.05) is 30.4 Å². The van der Waals surface area contributed by atoms with Crippen molar-refractivity contribution < 1.29 is 23.4 Å². The summed E-state index contributed by atoms with van der Waals surface area (Å²) in [7, 11) is 0. The second-order valence-corrected chi connectivity index (χ2v) is 7.08. The van der Waals surface area contributed by atoms with E-state index in [1.165, 1.54) is 12.1 Å². The highest BCUT2D eigenvalue weighted by atomic mass is 19.1. The summed E-state index contributed by atoms with van der Waals surface area (Å²) < 4.78 is 39.8.